The van der Waals surface area contributed by atoms with Crippen molar-refractivity contribution in [3.63, 3.8) is 0 Å². The number of rotatable bonds is 6. The van der Waals surface area contributed by atoms with Crippen LogP contribution in [0, 0.1) is 0 Å². The highest BCUT2D eigenvalue weighted by Crippen LogP contribution is 2.23. The van der Waals surface area contributed by atoms with Gasteiger partial charge in [0, 0.05) is 0 Å². The number of carbonyl (C=O) groups is 1. The molecule has 1 fully saturated rings. The van der Waals surface area contributed by atoms with E-state index in [9.17, 15) is 4.79 Å². The monoisotopic (exact) mass is 407 g/mol. The maximum absolute atomic E-state index is 11.3. The average molecular weight is 408 g/mol. The first-order valence-corrected chi connectivity index (χ1v) is 9.04. The number of nitrogens with one attached hydrogen (secondary N) is 4. The molecule has 4 N–H and O–H groups in total. The second-order valence-corrected chi connectivity index (χ2v) is 6.82. The largest absolute Gasteiger partial charge is 0.489 e. The van der Waals surface area contributed by atoms with E-state index in [-0.39, 0.29) is 18.2 Å². The van der Waals surface area contributed by atoms with E-state index in [0.717, 1.165) is 16.9 Å². The molecule has 1 aliphatic heterocycles. The zero-order chi connectivity index (χ0) is 19.2. The van der Waals surface area contributed by atoms with Crippen LogP contribution in [-0.4, -0.2) is 24.5 Å². The van der Waals surface area contributed by atoms with Crippen molar-refractivity contribution >= 4 is 35.4 Å². The topological polar surface area (TPSA) is 86.8 Å². The SMILES string of the molecule is CC1NNC(=O)NC1N/N=C/c1ccc(OCc2ccc(Cl)c(Cl)c2)cc1. The summed E-state index contributed by atoms with van der Waals surface area (Å²) in [5.74, 6) is 0.731. The molecule has 1 aliphatic rings. The second kappa shape index (κ2) is 8.94. The molecule has 1 saturated heterocycles. The fourth-order valence-electron chi connectivity index (χ4n) is 2.35. The Morgan fingerprint density at radius 2 is 1.96 bits per heavy atom. The third-order valence-corrected chi connectivity index (χ3v) is 4.64. The minimum Gasteiger partial charge on any atom is -0.489 e. The lowest BCUT2D eigenvalue weighted by molar-refractivity contribution is 0.202. The molecular weight excluding hydrogens is 389 g/mol. The van der Waals surface area contributed by atoms with Gasteiger partial charge in [0.05, 0.1) is 22.3 Å². The molecule has 142 valence electrons. The van der Waals surface area contributed by atoms with Gasteiger partial charge in [-0.1, -0.05) is 29.3 Å². The van der Waals surface area contributed by atoms with E-state index >= 15 is 0 Å². The van der Waals surface area contributed by atoms with Crippen LogP contribution < -0.4 is 26.3 Å². The minimum atomic E-state index is -0.302. The number of carbonyl (C=O) groups excluding carboxylic acids is 1. The number of nitrogens with zero attached hydrogens (tertiary/aromatic N) is 1. The van der Waals surface area contributed by atoms with Crippen molar-refractivity contribution in [2.75, 3.05) is 0 Å². The summed E-state index contributed by atoms with van der Waals surface area (Å²) >= 11 is 11.9. The Morgan fingerprint density at radius 1 is 1.19 bits per heavy atom. The maximum atomic E-state index is 11.3. The Balaban J connectivity index is 1.50. The first-order valence-electron chi connectivity index (χ1n) is 8.29. The van der Waals surface area contributed by atoms with E-state index in [1.165, 1.54) is 0 Å². The molecule has 0 spiro atoms. The highest BCUT2D eigenvalue weighted by atomic mass is 35.5. The van der Waals surface area contributed by atoms with Crippen LogP contribution in [0.25, 0.3) is 0 Å². The molecule has 0 saturated carbocycles. The molecule has 0 bridgehead atoms. The molecule has 2 aromatic rings. The quantitative estimate of drug-likeness (QED) is 0.437. The number of hydrogen-bond acceptors (Lipinski definition) is 5. The fraction of sp³-hybridized carbons (Fsp3) is 0.222. The van der Waals surface area contributed by atoms with Crippen LogP contribution in [-0.2, 0) is 6.61 Å². The minimum absolute atomic E-state index is 0.0167. The molecule has 27 heavy (non-hydrogen) atoms. The summed E-state index contributed by atoms with van der Waals surface area (Å²) in [5, 5.41) is 7.92. The zero-order valence-corrected chi connectivity index (χ0v) is 16.0. The highest BCUT2D eigenvalue weighted by Gasteiger charge is 2.23. The average Bonchev–Trinajstić information content (AvgIpc) is 2.66. The van der Waals surface area contributed by atoms with Gasteiger partial charge in [-0.05, 0) is 54.4 Å². The van der Waals surface area contributed by atoms with Crippen molar-refractivity contribution in [2.45, 2.75) is 25.7 Å². The molecule has 2 atom stereocenters. The van der Waals surface area contributed by atoms with Gasteiger partial charge in [0.2, 0.25) is 0 Å². The molecule has 2 unspecified atom stereocenters. The molecular formula is C18H19Cl2N5O2. The standard InChI is InChI=1S/C18H19Cl2N5O2/c1-11-17(22-18(26)25-23-11)24-21-9-12-2-5-14(6-3-12)27-10-13-4-7-15(19)16(20)8-13/h2-9,11,17,23-24H,10H2,1H3,(H2,22,25,26)/b21-9+. The van der Waals surface area contributed by atoms with Gasteiger partial charge in [0.25, 0.3) is 0 Å². The van der Waals surface area contributed by atoms with Crippen LogP contribution in [0.15, 0.2) is 47.6 Å². The van der Waals surface area contributed by atoms with Crippen molar-refractivity contribution < 1.29 is 9.53 Å². The number of hydrazone groups is 1. The Hall–Kier alpha value is -2.48. The summed E-state index contributed by atoms with van der Waals surface area (Å²) in [4.78, 5) is 11.3. The number of amides is 2. The summed E-state index contributed by atoms with van der Waals surface area (Å²) < 4.78 is 5.74. The Morgan fingerprint density at radius 3 is 2.70 bits per heavy atom. The van der Waals surface area contributed by atoms with Gasteiger partial charge < -0.3 is 10.1 Å². The second-order valence-electron chi connectivity index (χ2n) is 6.00. The van der Waals surface area contributed by atoms with Gasteiger partial charge >= 0.3 is 6.03 Å². The number of ether oxygens (including phenoxy) is 1. The molecule has 0 aromatic heterocycles. The van der Waals surface area contributed by atoms with Crippen LogP contribution in [0.5, 0.6) is 5.75 Å². The Labute approximate surface area is 167 Å². The van der Waals surface area contributed by atoms with Gasteiger partial charge in [-0.25, -0.2) is 10.2 Å². The lowest BCUT2D eigenvalue weighted by atomic mass is 10.2. The lowest BCUT2D eigenvalue weighted by Gasteiger charge is -2.30. The van der Waals surface area contributed by atoms with E-state index in [1.807, 2.05) is 37.3 Å². The number of hydrogen-bond donors (Lipinski definition) is 4. The Kier molecular flexibility index (Phi) is 6.39. The molecule has 9 heteroatoms. The molecule has 3 rings (SSSR count). The number of halogens is 2. The molecule has 1 heterocycles. The van der Waals surface area contributed by atoms with Crippen molar-refractivity contribution in [3.05, 3.63) is 63.6 Å². The smallest absolute Gasteiger partial charge is 0.330 e. The Bertz CT molecular complexity index is 829. The molecule has 7 nitrogen and oxygen atoms in total. The molecule has 0 aliphatic carbocycles. The zero-order valence-electron chi connectivity index (χ0n) is 14.5. The van der Waals surface area contributed by atoms with E-state index in [1.54, 1.807) is 18.3 Å². The molecule has 2 aromatic carbocycles. The normalized spacial score (nSPS) is 19.4. The first kappa shape index (κ1) is 19.3. The number of urea groups is 1. The van der Waals surface area contributed by atoms with Crippen molar-refractivity contribution in [3.8, 4) is 5.75 Å². The lowest BCUT2D eigenvalue weighted by Crippen LogP contribution is -2.67. The van der Waals surface area contributed by atoms with Gasteiger partial charge in [0.15, 0.2) is 0 Å². The number of benzene rings is 2. The van der Waals surface area contributed by atoms with Crippen LogP contribution in [0.2, 0.25) is 10.0 Å². The van der Waals surface area contributed by atoms with Gasteiger partial charge in [-0.15, -0.1) is 0 Å². The van der Waals surface area contributed by atoms with E-state index in [0.29, 0.717) is 16.7 Å². The van der Waals surface area contributed by atoms with E-state index in [2.05, 4.69) is 26.7 Å². The van der Waals surface area contributed by atoms with Crippen LogP contribution in [0.4, 0.5) is 4.79 Å². The molecule has 2 amide bonds. The summed E-state index contributed by atoms with van der Waals surface area (Å²) in [7, 11) is 0. The summed E-state index contributed by atoms with van der Waals surface area (Å²) in [5.41, 5.74) is 10.1. The molecule has 0 radical (unpaired) electrons. The third-order valence-electron chi connectivity index (χ3n) is 3.90. The van der Waals surface area contributed by atoms with Crippen molar-refractivity contribution in [1.29, 1.82) is 0 Å². The summed E-state index contributed by atoms with van der Waals surface area (Å²) in [6.45, 7) is 2.31. The van der Waals surface area contributed by atoms with Gasteiger partial charge in [0.1, 0.15) is 18.5 Å². The third kappa shape index (κ3) is 5.50. The summed E-state index contributed by atoms with van der Waals surface area (Å²) in [6.07, 6.45) is 1.37. The number of hydrazine groups is 1. The van der Waals surface area contributed by atoms with Crippen molar-refractivity contribution in [2.24, 2.45) is 5.10 Å². The maximum Gasteiger partial charge on any atom is 0.330 e. The predicted octanol–water partition coefficient (Wildman–Crippen LogP) is 3.03. The van der Waals surface area contributed by atoms with Gasteiger partial charge in [-0.2, -0.15) is 5.10 Å². The van der Waals surface area contributed by atoms with E-state index in [4.69, 9.17) is 27.9 Å². The summed E-state index contributed by atoms with van der Waals surface area (Å²) in [6, 6.07) is 12.6. The first-order chi connectivity index (χ1) is 13.0. The highest BCUT2D eigenvalue weighted by molar-refractivity contribution is 6.42. The van der Waals surface area contributed by atoms with E-state index < -0.39 is 0 Å². The van der Waals surface area contributed by atoms with Crippen LogP contribution >= 0.6 is 23.2 Å². The van der Waals surface area contributed by atoms with Crippen LogP contribution in [0.3, 0.4) is 0 Å². The van der Waals surface area contributed by atoms with Crippen molar-refractivity contribution in [1.82, 2.24) is 21.6 Å². The predicted molar refractivity (Wildman–Crippen MR) is 106 cm³/mol. The van der Waals surface area contributed by atoms with Crippen LogP contribution in [0.1, 0.15) is 18.1 Å². The van der Waals surface area contributed by atoms with Gasteiger partial charge in [-0.3, -0.25) is 10.9 Å². The fourth-order valence-corrected chi connectivity index (χ4v) is 2.67.